The molecule has 1 saturated heterocycles. The van der Waals surface area contributed by atoms with E-state index in [1.807, 2.05) is 29.8 Å². The maximum absolute atomic E-state index is 13.3. The highest BCUT2D eigenvalue weighted by atomic mass is 32.2. The lowest BCUT2D eigenvalue weighted by Gasteiger charge is -2.23. The van der Waals surface area contributed by atoms with Crippen LogP contribution < -0.4 is 0 Å². The van der Waals surface area contributed by atoms with Crippen molar-refractivity contribution in [1.82, 2.24) is 19.0 Å². The molecule has 6 nitrogen and oxygen atoms in total. The number of rotatable bonds is 5. The molecule has 1 aromatic heterocycles. The quantitative estimate of drug-likeness (QED) is 0.752. The van der Waals surface area contributed by atoms with Gasteiger partial charge in [-0.05, 0) is 81.8 Å². The number of sulfonamides is 1. The van der Waals surface area contributed by atoms with Crippen molar-refractivity contribution in [2.45, 2.75) is 57.4 Å². The average Bonchev–Trinajstić information content (AvgIpc) is 2.90. The molecule has 0 atom stereocenters. The van der Waals surface area contributed by atoms with Crippen molar-refractivity contribution in [3.05, 3.63) is 46.8 Å². The summed E-state index contributed by atoms with van der Waals surface area (Å²) < 4.78 is 30.2. The molecule has 0 amide bonds. The van der Waals surface area contributed by atoms with Crippen molar-refractivity contribution < 1.29 is 8.42 Å². The van der Waals surface area contributed by atoms with Crippen molar-refractivity contribution in [2.24, 2.45) is 0 Å². The summed E-state index contributed by atoms with van der Waals surface area (Å²) in [5, 5.41) is 4.53. The zero-order chi connectivity index (χ0) is 20.4. The maximum atomic E-state index is 13.3. The Morgan fingerprint density at radius 2 is 1.69 bits per heavy atom. The third kappa shape index (κ3) is 4.57. The first-order chi connectivity index (χ1) is 13.9. The molecule has 1 aliphatic heterocycles. The largest absolute Gasteiger partial charge is 0.300 e. The molecule has 0 bridgehead atoms. The van der Waals surface area contributed by atoms with Crippen LogP contribution in [-0.2, 0) is 29.4 Å². The van der Waals surface area contributed by atoms with E-state index in [0.29, 0.717) is 18.0 Å². The van der Waals surface area contributed by atoms with Crippen molar-refractivity contribution in [1.29, 1.82) is 0 Å². The minimum absolute atomic E-state index is 0.467. The molecule has 2 aromatic rings. The smallest absolute Gasteiger partial charge is 0.243 e. The van der Waals surface area contributed by atoms with Gasteiger partial charge in [-0.1, -0.05) is 6.07 Å². The summed E-state index contributed by atoms with van der Waals surface area (Å²) in [6, 6.07) is 7.86. The van der Waals surface area contributed by atoms with Crippen LogP contribution in [0.5, 0.6) is 0 Å². The molecule has 1 fully saturated rings. The SMILES string of the molecule is Cc1cc(C)n(CCN2CCCN(S(=O)(=O)c3ccc4c(c3)CCCC4)CC2)n1. The van der Waals surface area contributed by atoms with Crippen LogP contribution in [0.1, 0.15) is 41.8 Å². The van der Waals surface area contributed by atoms with Gasteiger partial charge in [-0.25, -0.2) is 8.42 Å². The summed E-state index contributed by atoms with van der Waals surface area (Å²) >= 11 is 0. The molecular weight excluding hydrogens is 384 g/mol. The van der Waals surface area contributed by atoms with E-state index in [0.717, 1.165) is 57.6 Å². The first kappa shape index (κ1) is 20.6. The second-order valence-electron chi connectivity index (χ2n) is 8.39. The Kier molecular flexibility index (Phi) is 6.08. The third-order valence-electron chi connectivity index (χ3n) is 6.24. The average molecular weight is 417 g/mol. The van der Waals surface area contributed by atoms with Gasteiger partial charge in [0, 0.05) is 31.9 Å². The lowest BCUT2D eigenvalue weighted by atomic mass is 9.92. The standard InChI is InChI=1S/C22H32N4O2S/c1-18-16-19(2)26(23-18)15-13-24-10-5-11-25(14-12-24)29(27,28)22-9-8-20-6-3-4-7-21(20)17-22/h8-9,16-17H,3-7,10-15H2,1-2H3. The van der Waals surface area contributed by atoms with Crippen molar-refractivity contribution in [3.8, 4) is 0 Å². The normalized spacial score (nSPS) is 19.1. The van der Waals surface area contributed by atoms with E-state index >= 15 is 0 Å². The van der Waals surface area contributed by atoms with Crippen molar-refractivity contribution >= 4 is 10.0 Å². The number of aryl methyl sites for hydroxylation is 4. The molecule has 0 saturated carbocycles. The van der Waals surface area contributed by atoms with Gasteiger partial charge in [-0.15, -0.1) is 0 Å². The summed E-state index contributed by atoms with van der Waals surface area (Å²) in [7, 11) is -3.42. The second kappa shape index (κ2) is 8.58. The highest BCUT2D eigenvalue weighted by Gasteiger charge is 2.27. The fourth-order valence-corrected chi connectivity index (χ4v) is 6.09. The van der Waals surface area contributed by atoms with Crippen LogP contribution in [0.25, 0.3) is 0 Å². The molecule has 1 aromatic carbocycles. The molecule has 0 spiro atoms. The Labute approximate surface area is 174 Å². The summed E-state index contributed by atoms with van der Waals surface area (Å²) in [6.45, 7) is 8.67. The van der Waals surface area contributed by atoms with Gasteiger partial charge in [0.15, 0.2) is 0 Å². The van der Waals surface area contributed by atoms with E-state index in [4.69, 9.17) is 0 Å². The molecule has 1 aliphatic carbocycles. The lowest BCUT2D eigenvalue weighted by molar-refractivity contribution is 0.269. The first-order valence-corrected chi connectivity index (χ1v) is 12.2. The van der Waals surface area contributed by atoms with E-state index in [1.54, 1.807) is 4.31 Å². The number of aromatic nitrogens is 2. The second-order valence-corrected chi connectivity index (χ2v) is 10.3. The molecule has 2 aliphatic rings. The first-order valence-electron chi connectivity index (χ1n) is 10.8. The van der Waals surface area contributed by atoms with E-state index in [1.165, 1.54) is 23.2 Å². The summed E-state index contributed by atoms with van der Waals surface area (Å²) in [5.74, 6) is 0. The number of benzene rings is 1. The van der Waals surface area contributed by atoms with Gasteiger partial charge in [0.2, 0.25) is 10.0 Å². The van der Waals surface area contributed by atoms with E-state index < -0.39 is 10.0 Å². The van der Waals surface area contributed by atoms with Crippen LogP contribution in [-0.4, -0.2) is 60.1 Å². The van der Waals surface area contributed by atoms with Crippen LogP contribution in [0.2, 0.25) is 0 Å². The van der Waals surface area contributed by atoms with Gasteiger partial charge in [-0.2, -0.15) is 9.40 Å². The van der Waals surface area contributed by atoms with E-state index in [2.05, 4.69) is 23.0 Å². The van der Waals surface area contributed by atoms with Crippen molar-refractivity contribution in [2.75, 3.05) is 32.7 Å². The fraction of sp³-hybridized carbons (Fsp3) is 0.591. The van der Waals surface area contributed by atoms with Gasteiger partial charge in [0.25, 0.3) is 0 Å². The predicted octanol–water partition coefficient (Wildman–Crippen LogP) is 2.78. The van der Waals surface area contributed by atoms with E-state index in [9.17, 15) is 8.42 Å². The zero-order valence-electron chi connectivity index (χ0n) is 17.6. The summed E-state index contributed by atoms with van der Waals surface area (Å²) in [5.41, 5.74) is 4.76. The van der Waals surface area contributed by atoms with Gasteiger partial charge in [-0.3, -0.25) is 4.68 Å². The van der Waals surface area contributed by atoms with Gasteiger partial charge < -0.3 is 4.90 Å². The zero-order valence-corrected chi connectivity index (χ0v) is 18.4. The Morgan fingerprint density at radius 1 is 0.897 bits per heavy atom. The van der Waals surface area contributed by atoms with Gasteiger partial charge in [0.1, 0.15) is 0 Å². The number of nitrogens with zero attached hydrogens (tertiary/aromatic N) is 4. The Morgan fingerprint density at radius 3 is 2.45 bits per heavy atom. The van der Waals surface area contributed by atoms with Crippen molar-refractivity contribution in [3.63, 3.8) is 0 Å². The molecule has 29 heavy (non-hydrogen) atoms. The summed E-state index contributed by atoms with van der Waals surface area (Å²) in [4.78, 5) is 2.83. The van der Waals surface area contributed by atoms with Crippen LogP contribution in [0.4, 0.5) is 0 Å². The lowest BCUT2D eigenvalue weighted by Crippen LogP contribution is -2.36. The molecule has 0 radical (unpaired) electrons. The third-order valence-corrected chi connectivity index (χ3v) is 8.13. The summed E-state index contributed by atoms with van der Waals surface area (Å²) in [6.07, 6.45) is 5.30. The minimum atomic E-state index is -3.42. The van der Waals surface area contributed by atoms with Crippen LogP contribution in [0.15, 0.2) is 29.2 Å². The predicted molar refractivity (Wildman–Crippen MR) is 115 cm³/mol. The Bertz CT molecular complexity index is 967. The highest BCUT2D eigenvalue weighted by molar-refractivity contribution is 7.89. The Hall–Kier alpha value is -1.70. The van der Waals surface area contributed by atoms with Gasteiger partial charge >= 0.3 is 0 Å². The highest BCUT2D eigenvalue weighted by Crippen LogP contribution is 2.26. The van der Waals surface area contributed by atoms with Crippen LogP contribution in [0, 0.1) is 13.8 Å². The Balaban J connectivity index is 1.40. The van der Waals surface area contributed by atoms with Crippen LogP contribution >= 0.6 is 0 Å². The van der Waals surface area contributed by atoms with Gasteiger partial charge in [0.05, 0.1) is 17.1 Å². The molecule has 158 valence electrons. The monoisotopic (exact) mass is 416 g/mol. The molecule has 7 heteroatoms. The molecular formula is C22H32N4O2S. The number of hydrogen-bond donors (Lipinski definition) is 0. The minimum Gasteiger partial charge on any atom is -0.300 e. The number of fused-ring (bicyclic) bond motifs is 1. The molecule has 0 N–H and O–H groups in total. The topological polar surface area (TPSA) is 58.4 Å². The molecule has 4 rings (SSSR count). The molecule has 0 unspecified atom stereocenters. The van der Waals surface area contributed by atoms with Crippen LogP contribution in [0.3, 0.4) is 0 Å². The number of hydrogen-bond acceptors (Lipinski definition) is 4. The molecule has 2 heterocycles. The maximum Gasteiger partial charge on any atom is 0.243 e. The van der Waals surface area contributed by atoms with E-state index in [-0.39, 0.29) is 0 Å². The fourth-order valence-electron chi connectivity index (χ4n) is 4.57.